The number of piperidine rings is 1. The van der Waals surface area contributed by atoms with Crippen LogP contribution in [0.2, 0.25) is 0 Å². The summed E-state index contributed by atoms with van der Waals surface area (Å²) in [5, 5.41) is 3.46. The standard InChI is InChI=1S/C6H11N.C3H8/c1-2-6-3-5(1)4-7-6;1-3-2/h5-7H,1-4H2;3H2,1-2H3. The largest absolute Gasteiger partial charge is 0.314 e. The van der Waals surface area contributed by atoms with Crippen LogP contribution in [0.5, 0.6) is 0 Å². The maximum atomic E-state index is 3.46. The zero-order valence-corrected chi connectivity index (χ0v) is 7.19. The van der Waals surface area contributed by atoms with E-state index in [1.807, 2.05) is 0 Å². The average molecular weight is 141 g/mol. The van der Waals surface area contributed by atoms with Crippen LogP contribution in [0, 0.1) is 5.92 Å². The summed E-state index contributed by atoms with van der Waals surface area (Å²) in [6.07, 6.45) is 5.67. The van der Waals surface area contributed by atoms with E-state index in [-0.39, 0.29) is 0 Å². The molecular weight excluding hydrogens is 122 g/mol. The van der Waals surface area contributed by atoms with Gasteiger partial charge in [-0.1, -0.05) is 20.3 Å². The third-order valence-electron chi connectivity index (χ3n) is 2.24. The van der Waals surface area contributed by atoms with Crippen molar-refractivity contribution in [1.29, 1.82) is 0 Å². The lowest BCUT2D eigenvalue weighted by Gasteiger charge is -2.08. The van der Waals surface area contributed by atoms with Gasteiger partial charge in [-0.3, -0.25) is 0 Å². The molecule has 0 aromatic heterocycles. The molecule has 1 heteroatoms. The molecule has 1 saturated heterocycles. The predicted octanol–water partition coefficient (Wildman–Crippen LogP) is 2.17. The summed E-state index contributed by atoms with van der Waals surface area (Å²) in [6, 6.07) is 0.921. The summed E-state index contributed by atoms with van der Waals surface area (Å²) in [5.74, 6) is 1.06. The van der Waals surface area contributed by atoms with Crippen molar-refractivity contribution >= 4 is 0 Å². The van der Waals surface area contributed by atoms with Crippen LogP contribution in [0.3, 0.4) is 0 Å². The number of nitrogens with one attached hydrogen (secondary N) is 1. The van der Waals surface area contributed by atoms with Gasteiger partial charge in [-0.05, 0) is 31.7 Å². The van der Waals surface area contributed by atoms with Crippen molar-refractivity contribution in [2.45, 2.75) is 45.6 Å². The fourth-order valence-electron chi connectivity index (χ4n) is 1.78. The van der Waals surface area contributed by atoms with Crippen molar-refractivity contribution in [1.82, 2.24) is 5.32 Å². The van der Waals surface area contributed by atoms with Gasteiger partial charge in [-0.25, -0.2) is 0 Å². The lowest BCUT2D eigenvalue weighted by atomic mass is 10.1. The van der Waals surface area contributed by atoms with Gasteiger partial charge in [0.15, 0.2) is 0 Å². The molecule has 0 aromatic rings. The van der Waals surface area contributed by atoms with Crippen molar-refractivity contribution < 1.29 is 0 Å². The monoisotopic (exact) mass is 141 g/mol. The molecule has 1 aliphatic carbocycles. The van der Waals surface area contributed by atoms with Crippen molar-refractivity contribution in [2.24, 2.45) is 5.92 Å². The number of rotatable bonds is 0. The number of fused-ring (bicyclic) bond motifs is 2. The Morgan fingerprint density at radius 2 is 2.00 bits per heavy atom. The molecule has 0 amide bonds. The van der Waals surface area contributed by atoms with Crippen LogP contribution < -0.4 is 5.32 Å². The quantitative estimate of drug-likeness (QED) is 0.545. The Labute approximate surface area is 64.2 Å². The van der Waals surface area contributed by atoms with E-state index in [2.05, 4.69) is 19.2 Å². The van der Waals surface area contributed by atoms with Gasteiger partial charge >= 0.3 is 0 Å². The lowest BCUT2D eigenvalue weighted by Crippen LogP contribution is -2.23. The molecule has 1 nitrogen and oxygen atoms in total. The highest BCUT2D eigenvalue weighted by Gasteiger charge is 2.30. The van der Waals surface area contributed by atoms with Gasteiger partial charge in [-0.2, -0.15) is 0 Å². The summed E-state index contributed by atoms with van der Waals surface area (Å²) in [7, 11) is 0. The van der Waals surface area contributed by atoms with Crippen molar-refractivity contribution in [3.63, 3.8) is 0 Å². The average Bonchev–Trinajstić information content (AvgIpc) is 2.49. The fourth-order valence-corrected chi connectivity index (χ4v) is 1.78. The summed E-state index contributed by atoms with van der Waals surface area (Å²) in [4.78, 5) is 0. The Hall–Kier alpha value is -0.0400. The molecule has 1 heterocycles. The summed E-state index contributed by atoms with van der Waals surface area (Å²) in [5.41, 5.74) is 0. The highest BCUT2D eigenvalue weighted by atomic mass is 15.0. The first kappa shape index (κ1) is 8.06. The molecule has 1 N–H and O–H groups in total. The van der Waals surface area contributed by atoms with Crippen molar-refractivity contribution in [2.75, 3.05) is 6.54 Å². The summed E-state index contributed by atoms with van der Waals surface area (Å²) < 4.78 is 0. The molecule has 10 heavy (non-hydrogen) atoms. The second kappa shape index (κ2) is 3.97. The van der Waals surface area contributed by atoms with Gasteiger partial charge in [0, 0.05) is 6.04 Å². The molecular formula is C9H19N. The zero-order valence-electron chi connectivity index (χ0n) is 7.19. The van der Waals surface area contributed by atoms with Gasteiger partial charge in [0.05, 0.1) is 0 Å². The topological polar surface area (TPSA) is 12.0 Å². The van der Waals surface area contributed by atoms with Crippen LogP contribution in [0.1, 0.15) is 39.5 Å². The van der Waals surface area contributed by atoms with Gasteiger partial charge in [0.2, 0.25) is 0 Å². The van der Waals surface area contributed by atoms with Crippen LogP contribution in [-0.2, 0) is 0 Å². The predicted molar refractivity (Wildman–Crippen MR) is 45.1 cm³/mol. The third-order valence-corrected chi connectivity index (χ3v) is 2.24. The Morgan fingerprint density at radius 1 is 1.30 bits per heavy atom. The number of hydrogen-bond donors (Lipinski definition) is 1. The zero-order chi connectivity index (χ0) is 7.40. The molecule has 2 fully saturated rings. The molecule has 2 bridgehead atoms. The number of hydrogen-bond acceptors (Lipinski definition) is 1. The summed E-state index contributed by atoms with van der Waals surface area (Å²) in [6.45, 7) is 5.56. The minimum Gasteiger partial charge on any atom is -0.314 e. The molecule has 0 spiro atoms. The fraction of sp³-hybridized carbons (Fsp3) is 1.00. The highest BCUT2D eigenvalue weighted by Crippen LogP contribution is 2.29. The Kier molecular flexibility index (Phi) is 3.20. The normalized spacial score (nSPS) is 35.4. The second-order valence-corrected chi connectivity index (χ2v) is 3.49. The van der Waals surface area contributed by atoms with Crippen LogP contribution >= 0.6 is 0 Å². The molecule has 0 radical (unpaired) electrons. The molecule has 0 aromatic carbocycles. The van der Waals surface area contributed by atoms with Crippen LogP contribution in [0.25, 0.3) is 0 Å². The van der Waals surface area contributed by atoms with Gasteiger partial charge in [-0.15, -0.1) is 0 Å². The van der Waals surface area contributed by atoms with Gasteiger partial charge in [0.1, 0.15) is 0 Å². The van der Waals surface area contributed by atoms with Crippen molar-refractivity contribution in [3.8, 4) is 0 Å². The van der Waals surface area contributed by atoms with Gasteiger partial charge in [0.25, 0.3) is 0 Å². The molecule has 2 atom stereocenters. The maximum absolute atomic E-state index is 3.46. The minimum atomic E-state index is 0.921. The smallest absolute Gasteiger partial charge is 0.00704 e. The SMILES string of the molecule is C1CC2CC1CN2.CCC. The first-order valence-corrected chi connectivity index (χ1v) is 4.60. The molecule has 1 aliphatic heterocycles. The molecule has 2 unspecified atom stereocenters. The van der Waals surface area contributed by atoms with E-state index < -0.39 is 0 Å². The molecule has 2 aliphatic rings. The first-order valence-electron chi connectivity index (χ1n) is 4.60. The lowest BCUT2D eigenvalue weighted by molar-refractivity contribution is 0.504. The minimum absolute atomic E-state index is 0.921. The molecule has 2 rings (SSSR count). The van der Waals surface area contributed by atoms with E-state index in [1.165, 1.54) is 32.2 Å². The Morgan fingerprint density at radius 3 is 2.10 bits per heavy atom. The van der Waals surface area contributed by atoms with E-state index in [0.29, 0.717) is 0 Å². The van der Waals surface area contributed by atoms with Crippen LogP contribution in [0.15, 0.2) is 0 Å². The van der Waals surface area contributed by atoms with Gasteiger partial charge < -0.3 is 5.32 Å². The van der Waals surface area contributed by atoms with E-state index in [1.54, 1.807) is 0 Å². The highest BCUT2D eigenvalue weighted by molar-refractivity contribution is 4.88. The van der Waals surface area contributed by atoms with Crippen LogP contribution in [-0.4, -0.2) is 12.6 Å². The van der Waals surface area contributed by atoms with E-state index >= 15 is 0 Å². The van der Waals surface area contributed by atoms with E-state index in [9.17, 15) is 0 Å². The van der Waals surface area contributed by atoms with E-state index in [4.69, 9.17) is 0 Å². The maximum Gasteiger partial charge on any atom is 0.00704 e. The Balaban J connectivity index is 0.000000148. The second-order valence-electron chi connectivity index (χ2n) is 3.49. The first-order chi connectivity index (χ1) is 4.86. The third kappa shape index (κ3) is 1.98. The van der Waals surface area contributed by atoms with Crippen LogP contribution in [0.4, 0.5) is 0 Å². The van der Waals surface area contributed by atoms with E-state index in [0.717, 1.165) is 12.0 Å². The molecule has 1 saturated carbocycles. The Bertz CT molecular complexity index is 72.7. The molecule has 60 valence electrons. The van der Waals surface area contributed by atoms with Crippen molar-refractivity contribution in [3.05, 3.63) is 0 Å². The summed E-state index contributed by atoms with van der Waals surface area (Å²) >= 11 is 0.